The SMILES string of the molecule is CC1SCCC12CCNCC2c1ccc(F)cc1. The third-order valence-electron chi connectivity index (χ3n) is 4.83. The van der Waals surface area contributed by atoms with E-state index in [0.717, 1.165) is 18.3 Å². The summed E-state index contributed by atoms with van der Waals surface area (Å²) in [5, 5.41) is 4.23. The zero-order valence-electron chi connectivity index (χ0n) is 10.8. The van der Waals surface area contributed by atoms with E-state index in [0.29, 0.717) is 11.3 Å². The number of benzene rings is 1. The van der Waals surface area contributed by atoms with Gasteiger partial charge in [-0.05, 0) is 48.3 Å². The molecule has 3 heteroatoms. The first-order valence-corrected chi connectivity index (χ1v) is 7.85. The van der Waals surface area contributed by atoms with Gasteiger partial charge in [0, 0.05) is 17.7 Å². The molecule has 18 heavy (non-hydrogen) atoms. The molecule has 0 radical (unpaired) electrons. The number of piperidine rings is 1. The summed E-state index contributed by atoms with van der Waals surface area (Å²) in [7, 11) is 0. The second-order valence-corrected chi connectivity index (χ2v) is 7.00. The average molecular weight is 265 g/mol. The molecular formula is C15H20FNS. The Balaban J connectivity index is 1.95. The van der Waals surface area contributed by atoms with Gasteiger partial charge in [0.15, 0.2) is 0 Å². The maximum absolute atomic E-state index is 13.1. The fraction of sp³-hybridized carbons (Fsp3) is 0.600. The van der Waals surface area contributed by atoms with Crippen LogP contribution in [0.5, 0.6) is 0 Å². The largest absolute Gasteiger partial charge is 0.316 e. The molecular weight excluding hydrogens is 245 g/mol. The van der Waals surface area contributed by atoms with Gasteiger partial charge in [-0.3, -0.25) is 0 Å². The molecule has 1 spiro atoms. The van der Waals surface area contributed by atoms with Gasteiger partial charge in [-0.25, -0.2) is 4.39 Å². The fourth-order valence-corrected chi connectivity index (χ4v) is 5.25. The number of nitrogens with one attached hydrogen (secondary N) is 1. The molecule has 0 amide bonds. The monoisotopic (exact) mass is 265 g/mol. The lowest BCUT2D eigenvalue weighted by Crippen LogP contribution is -2.46. The van der Waals surface area contributed by atoms with Crippen LogP contribution in [0.25, 0.3) is 0 Å². The topological polar surface area (TPSA) is 12.0 Å². The number of hydrogen-bond donors (Lipinski definition) is 1. The first-order valence-electron chi connectivity index (χ1n) is 6.80. The molecule has 0 saturated carbocycles. The summed E-state index contributed by atoms with van der Waals surface area (Å²) in [4.78, 5) is 0. The Hall–Kier alpha value is -0.540. The smallest absolute Gasteiger partial charge is 0.123 e. The normalized spacial score (nSPS) is 36.1. The molecule has 98 valence electrons. The van der Waals surface area contributed by atoms with E-state index in [-0.39, 0.29) is 5.82 Å². The molecule has 1 nitrogen and oxygen atoms in total. The predicted molar refractivity (Wildman–Crippen MR) is 75.6 cm³/mol. The molecule has 3 unspecified atom stereocenters. The van der Waals surface area contributed by atoms with Crippen LogP contribution in [0.3, 0.4) is 0 Å². The number of halogens is 1. The summed E-state index contributed by atoms with van der Waals surface area (Å²) in [6.07, 6.45) is 2.56. The van der Waals surface area contributed by atoms with E-state index in [1.807, 2.05) is 12.1 Å². The van der Waals surface area contributed by atoms with Gasteiger partial charge in [0.25, 0.3) is 0 Å². The summed E-state index contributed by atoms with van der Waals surface area (Å²) >= 11 is 2.10. The molecule has 2 fully saturated rings. The van der Waals surface area contributed by atoms with Crippen molar-refractivity contribution in [3.63, 3.8) is 0 Å². The summed E-state index contributed by atoms with van der Waals surface area (Å²) in [6, 6.07) is 7.16. The van der Waals surface area contributed by atoms with Crippen LogP contribution in [-0.4, -0.2) is 24.1 Å². The second kappa shape index (κ2) is 4.86. The van der Waals surface area contributed by atoms with Gasteiger partial charge in [0.05, 0.1) is 0 Å². The van der Waals surface area contributed by atoms with Crippen LogP contribution < -0.4 is 5.32 Å². The molecule has 1 aromatic carbocycles. The van der Waals surface area contributed by atoms with Crippen molar-refractivity contribution in [2.24, 2.45) is 5.41 Å². The molecule has 3 rings (SSSR count). The average Bonchev–Trinajstić information content (AvgIpc) is 2.74. The van der Waals surface area contributed by atoms with Crippen molar-refractivity contribution in [3.05, 3.63) is 35.6 Å². The third-order valence-corrected chi connectivity index (χ3v) is 6.24. The van der Waals surface area contributed by atoms with Crippen LogP contribution in [0.1, 0.15) is 31.2 Å². The lowest BCUT2D eigenvalue weighted by Gasteiger charge is -2.45. The molecule has 2 aliphatic rings. The van der Waals surface area contributed by atoms with Crippen molar-refractivity contribution in [2.45, 2.75) is 30.9 Å². The Morgan fingerprint density at radius 1 is 1.28 bits per heavy atom. The quantitative estimate of drug-likeness (QED) is 0.835. The van der Waals surface area contributed by atoms with Crippen molar-refractivity contribution in [1.29, 1.82) is 0 Å². The van der Waals surface area contributed by atoms with E-state index in [4.69, 9.17) is 0 Å². The van der Waals surface area contributed by atoms with E-state index in [2.05, 4.69) is 24.0 Å². The maximum atomic E-state index is 13.1. The standard InChI is InChI=1S/C15H20FNS/c1-11-15(7-9-18-11)6-8-17-10-14(15)12-2-4-13(16)5-3-12/h2-5,11,14,17H,6-10H2,1H3. The van der Waals surface area contributed by atoms with Crippen LogP contribution in [0.2, 0.25) is 0 Å². The van der Waals surface area contributed by atoms with Crippen molar-refractivity contribution < 1.29 is 4.39 Å². The highest BCUT2D eigenvalue weighted by Crippen LogP contribution is 2.54. The van der Waals surface area contributed by atoms with Crippen molar-refractivity contribution in [1.82, 2.24) is 5.32 Å². The molecule has 3 atom stereocenters. The minimum atomic E-state index is -0.134. The van der Waals surface area contributed by atoms with Gasteiger partial charge in [-0.2, -0.15) is 11.8 Å². The Labute approximate surface area is 113 Å². The van der Waals surface area contributed by atoms with E-state index in [9.17, 15) is 4.39 Å². The van der Waals surface area contributed by atoms with Crippen molar-refractivity contribution in [3.8, 4) is 0 Å². The van der Waals surface area contributed by atoms with Gasteiger partial charge < -0.3 is 5.32 Å². The Morgan fingerprint density at radius 3 is 2.72 bits per heavy atom. The second-order valence-electron chi connectivity index (χ2n) is 5.55. The highest BCUT2D eigenvalue weighted by Gasteiger charge is 2.48. The fourth-order valence-electron chi connectivity index (χ4n) is 3.67. The first-order chi connectivity index (χ1) is 8.72. The zero-order chi connectivity index (χ0) is 12.6. The zero-order valence-corrected chi connectivity index (χ0v) is 11.6. The number of rotatable bonds is 1. The summed E-state index contributed by atoms with van der Waals surface area (Å²) in [5.41, 5.74) is 1.73. The maximum Gasteiger partial charge on any atom is 0.123 e. The molecule has 2 aliphatic heterocycles. The lowest BCUT2D eigenvalue weighted by atomic mass is 9.64. The first kappa shape index (κ1) is 12.5. The summed E-state index contributed by atoms with van der Waals surface area (Å²) in [6.45, 7) is 4.54. The summed E-state index contributed by atoms with van der Waals surface area (Å²) in [5.74, 6) is 1.68. The van der Waals surface area contributed by atoms with Crippen LogP contribution in [0.4, 0.5) is 4.39 Å². The summed E-state index contributed by atoms with van der Waals surface area (Å²) < 4.78 is 13.1. The van der Waals surface area contributed by atoms with Crippen LogP contribution in [0, 0.1) is 11.2 Å². The Bertz CT molecular complexity index is 419. The minimum Gasteiger partial charge on any atom is -0.316 e. The predicted octanol–water partition coefficient (Wildman–Crippen LogP) is 3.41. The van der Waals surface area contributed by atoms with Gasteiger partial charge in [0.2, 0.25) is 0 Å². The molecule has 0 aromatic heterocycles. The molecule has 0 aliphatic carbocycles. The van der Waals surface area contributed by atoms with E-state index >= 15 is 0 Å². The Kier molecular flexibility index (Phi) is 3.37. The van der Waals surface area contributed by atoms with Crippen molar-refractivity contribution in [2.75, 3.05) is 18.8 Å². The van der Waals surface area contributed by atoms with Gasteiger partial charge in [0.1, 0.15) is 5.82 Å². The third kappa shape index (κ3) is 1.97. The minimum absolute atomic E-state index is 0.134. The highest BCUT2D eigenvalue weighted by molar-refractivity contribution is 8.00. The molecule has 0 bridgehead atoms. The van der Waals surface area contributed by atoms with Crippen LogP contribution in [-0.2, 0) is 0 Å². The molecule has 2 heterocycles. The van der Waals surface area contributed by atoms with Gasteiger partial charge >= 0.3 is 0 Å². The number of thioether (sulfide) groups is 1. The van der Waals surface area contributed by atoms with Crippen LogP contribution >= 0.6 is 11.8 Å². The molecule has 2 saturated heterocycles. The van der Waals surface area contributed by atoms with E-state index < -0.39 is 0 Å². The lowest BCUT2D eigenvalue weighted by molar-refractivity contribution is 0.166. The van der Waals surface area contributed by atoms with Crippen LogP contribution in [0.15, 0.2) is 24.3 Å². The van der Waals surface area contributed by atoms with E-state index in [1.165, 1.54) is 24.2 Å². The molecule has 1 aromatic rings. The van der Waals surface area contributed by atoms with Crippen molar-refractivity contribution >= 4 is 11.8 Å². The Morgan fingerprint density at radius 2 is 2.06 bits per heavy atom. The highest BCUT2D eigenvalue weighted by atomic mass is 32.2. The number of hydrogen-bond acceptors (Lipinski definition) is 2. The van der Waals surface area contributed by atoms with Gasteiger partial charge in [-0.1, -0.05) is 19.1 Å². The van der Waals surface area contributed by atoms with Gasteiger partial charge in [-0.15, -0.1) is 0 Å². The molecule has 1 N–H and O–H groups in total. The van der Waals surface area contributed by atoms with E-state index in [1.54, 1.807) is 12.1 Å².